The van der Waals surface area contributed by atoms with Crippen LogP contribution < -0.4 is 5.32 Å². The third kappa shape index (κ3) is 4.52. The summed E-state index contributed by atoms with van der Waals surface area (Å²) in [4.78, 5) is 24.0. The van der Waals surface area contributed by atoms with Gasteiger partial charge in [-0.1, -0.05) is 86.6 Å². The fraction of sp³-hybridized carbons (Fsp3) is 0.259. The fourth-order valence-corrected chi connectivity index (χ4v) is 4.32. The van der Waals surface area contributed by atoms with E-state index < -0.39 is 18.1 Å². The van der Waals surface area contributed by atoms with Gasteiger partial charge in [0.05, 0.1) is 12.5 Å². The van der Waals surface area contributed by atoms with Crippen LogP contribution in [0.1, 0.15) is 60.4 Å². The molecule has 0 aromatic heterocycles. The summed E-state index contributed by atoms with van der Waals surface area (Å²) >= 11 is 0. The molecule has 3 aromatic carbocycles. The number of alkyl carbamates (subject to hydrolysis) is 1. The number of rotatable bonds is 7. The van der Waals surface area contributed by atoms with Crippen LogP contribution in [0.5, 0.6) is 0 Å². The number of carbonyl (C=O) groups excluding carboxylic acids is 1. The third-order valence-corrected chi connectivity index (χ3v) is 6.02. The summed E-state index contributed by atoms with van der Waals surface area (Å²) in [5, 5.41) is 12.1. The zero-order valence-corrected chi connectivity index (χ0v) is 18.2. The molecule has 2 N–H and O–H groups in total. The summed E-state index contributed by atoms with van der Waals surface area (Å²) in [6, 6.07) is 23.3. The van der Waals surface area contributed by atoms with Gasteiger partial charge in [0.25, 0.3) is 0 Å². The number of amides is 1. The second-order valence-corrected chi connectivity index (χ2v) is 8.44. The Morgan fingerprint density at radius 2 is 1.41 bits per heavy atom. The molecule has 164 valence electrons. The van der Waals surface area contributed by atoms with Gasteiger partial charge in [-0.25, -0.2) is 4.79 Å². The molecule has 0 saturated carbocycles. The first-order chi connectivity index (χ1) is 15.4. The summed E-state index contributed by atoms with van der Waals surface area (Å²) in [5.41, 5.74) is 6.48. The molecule has 1 amide bonds. The van der Waals surface area contributed by atoms with Crippen molar-refractivity contribution in [2.45, 2.75) is 38.1 Å². The van der Waals surface area contributed by atoms with Gasteiger partial charge in [-0.15, -0.1) is 0 Å². The molecular weight excluding hydrogens is 402 g/mol. The van der Waals surface area contributed by atoms with Gasteiger partial charge in [-0.05, 0) is 39.3 Å². The lowest BCUT2D eigenvalue weighted by Gasteiger charge is -2.20. The van der Waals surface area contributed by atoms with Gasteiger partial charge in [0, 0.05) is 5.92 Å². The molecule has 0 spiro atoms. The van der Waals surface area contributed by atoms with Crippen molar-refractivity contribution in [3.8, 4) is 11.1 Å². The Morgan fingerprint density at radius 1 is 0.875 bits per heavy atom. The minimum atomic E-state index is -0.984. The van der Waals surface area contributed by atoms with Crippen LogP contribution >= 0.6 is 0 Å². The monoisotopic (exact) mass is 429 g/mol. The molecule has 1 aliphatic rings. The first kappa shape index (κ1) is 21.6. The first-order valence-corrected chi connectivity index (χ1v) is 10.9. The van der Waals surface area contributed by atoms with E-state index in [-0.39, 0.29) is 18.9 Å². The summed E-state index contributed by atoms with van der Waals surface area (Å²) in [6.45, 7) is 4.38. The molecule has 4 rings (SSSR count). The maximum atomic E-state index is 12.6. The lowest BCUT2D eigenvalue weighted by molar-refractivity contribution is -0.137. The highest BCUT2D eigenvalue weighted by Crippen LogP contribution is 2.44. The molecule has 0 heterocycles. The number of ether oxygens (including phenoxy) is 1. The molecule has 1 atom stereocenters. The van der Waals surface area contributed by atoms with E-state index >= 15 is 0 Å². The van der Waals surface area contributed by atoms with Crippen LogP contribution in [-0.2, 0) is 9.53 Å². The molecule has 0 radical (unpaired) electrons. The molecule has 0 saturated heterocycles. The van der Waals surface area contributed by atoms with Gasteiger partial charge in [0.15, 0.2) is 0 Å². The molecule has 0 fully saturated rings. The fourth-order valence-electron chi connectivity index (χ4n) is 4.32. The zero-order valence-electron chi connectivity index (χ0n) is 18.2. The highest BCUT2D eigenvalue weighted by molar-refractivity contribution is 5.79. The summed E-state index contributed by atoms with van der Waals surface area (Å²) in [7, 11) is 0. The first-order valence-electron chi connectivity index (χ1n) is 10.9. The van der Waals surface area contributed by atoms with Crippen LogP contribution in [-0.4, -0.2) is 23.8 Å². The maximum absolute atomic E-state index is 12.6. The van der Waals surface area contributed by atoms with Crippen molar-refractivity contribution in [3.63, 3.8) is 0 Å². The van der Waals surface area contributed by atoms with Crippen LogP contribution in [0.25, 0.3) is 11.1 Å². The van der Waals surface area contributed by atoms with Gasteiger partial charge >= 0.3 is 12.1 Å². The van der Waals surface area contributed by atoms with E-state index in [2.05, 4.69) is 43.4 Å². The highest BCUT2D eigenvalue weighted by atomic mass is 16.5. The number of nitrogens with one attached hydrogen (secondary N) is 1. The summed E-state index contributed by atoms with van der Waals surface area (Å²) in [5.74, 6) is -0.657. The van der Waals surface area contributed by atoms with Crippen LogP contribution in [0.2, 0.25) is 0 Å². The van der Waals surface area contributed by atoms with Gasteiger partial charge < -0.3 is 15.2 Å². The standard InChI is InChI=1S/C27H27NO4/c1-17(2)18-11-13-19(14-12-18)25(15-26(29)30)28-27(31)32-16-24-22-9-5-3-7-20(22)21-8-4-6-10-23(21)24/h3-14,17,24-25H,15-16H2,1-2H3,(H,28,31)(H,29,30)/t25-/m0/s1. The van der Waals surface area contributed by atoms with E-state index in [1.807, 2.05) is 48.5 Å². The number of carboxylic acids is 1. The van der Waals surface area contributed by atoms with Crippen molar-refractivity contribution >= 4 is 12.1 Å². The van der Waals surface area contributed by atoms with Crippen LogP contribution in [0.4, 0.5) is 4.79 Å². The van der Waals surface area contributed by atoms with E-state index in [0.29, 0.717) is 5.92 Å². The normalized spacial score (nSPS) is 13.3. The van der Waals surface area contributed by atoms with Crippen LogP contribution in [0.3, 0.4) is 0 Å². The molecule has 3 aromatic rings. The molecule has 0 aliphatic heterocycles. The van der Waals surface area contributed by atoms with Gasteiger partial charge in [-0.3, -0.25) is 4.79 Å². The number of benzene rings is 3. The molecule has 0 unspecified atom stereocenters. The number of aliphatic carboxylic acids is 1. The van der Waals surface area contributed by atoms with Gasteiger partial charge in [0.1, 0.15) is 6.61 Å². The van der Waals surface area contributed by atoms with Crippen molar-refractivity contribution in [2.24, 2.45) is 0 Å². The number of hydrogen-bond donors (Lipinski definition) is 2. The van der Waals surface area contributed by atoms with Crippen molar-refractivity contribution in [1.82, 2.24) is 5.32 Å². The summed E-state index contributed by atoms with van der Waals surface area (Å²) in [6.07, 6.45) is -0.836. The predicted molar refractivity (Wildman–Crippen MR) is 124 cm³/mol. The van der Waals surface area contributed by atoms with E-state index in [1.165, 1.54) is 0 Å². The van der Waals surface area contributed by atoms with Crippen molar-refractivity contribution in [1.29, 1.82) is 0 Å². The molecule has 32 heavy (non-hydrogen) atoms. The summed E-state index contributed by atoms with van der Waals surface area (Å²) < 4.78 is 5.59. The molecule has 1 aliphatic carbocycles. The smallest absolute Gasteiger partial charge is 0.407 e. The van der Waals surface area contributed by atoms with Crippen LogP contribution in [0, 0.1) is 0 Å². The molecular formula is C27H27NO4. The second kappa shape index (κ2) is 9.27. The Hall–Kier alpha value is -3.60. The maximum Gasteiger partial charge on any atom is 0.407 e. The van der Waals surface area contributed by atoms with Crippen molar-refractivity contribution in [2.75, 3.05) is 6.61 Å². The quantitative estimate of drug-likeness (QED) is 0.493. The zero-order chi connectivity index (χ0) is 22.7. The topological polar surface area (TPSA) is 75.6 Å². The number of fused-ring (bicyclic) bond motifs is 3. The lowest BCUT2D eigenvalue weighted by atomic mass is 9.97. The Morgan fingerprint density at radius 3 is 1.94 bits per heavy atom. The van der Waals surface area contributed by atoms with E-state index in [9.17, 15) is 14.7 Å². The molecule has 5 nitrogen and oxygen atoms in total. The largest absolute Gasteiger partial charge is 0.481 e. The Labute approximate surface area is 188 Å². The van der Waals surface area contributed by atoms with E-state index in [4.69, 9.17) is 4.74 Å². The average molecular weight is 430 g/mol. The second-order valence-electron chi connectivity index (χ2n) is 8.44. The minimum Gasteiger partial charge on any atom is -0.481 e. The number of carboxylic acid groups (broad SMARTS) is 1. The Kier molecular flexibility index (Phi) is 6.26. The Balaban J connectivity index is 1.46. The Bertz CT molecular complexity index is 1080. The molecule has 0 bridgehead atoms. The van der Waals surface area contributed by atoms with Crippen LogP contribution in [0.15, 0.2) is 72.8 Å². The lowest BCUT2D eigenvalue weighted by Crippen LogP contribution is -2.31. The van der Waals surface area contributed by atoms with E-state index in [1.54, 1.807) is 0 Å². The van der Waals surface area contributed by atoms with Gasteiger partial charge in [-0.2, -0.15) is 0 Å². The third-order valence-electron chi connectivity index (χ3n) is 6.02. The van der Waals surface area contributed by atoms with Crippen molar-refractivity contribution in [3.05, 3.63) is 95.1 Å². The predicted octanol–water partition coefficient (Wildman–Crippen LogP) is 5.86. The van der Waals surface area contributed by atoms with Crippen molar-refractivity contribution < 1.29 is 19.4 Å². The van der Waals surface area contributed by atoms with Gasteiger partial charge in [0.2, 0.25) is 0 Å². The minimum absolute atomic E-state index is 0.0450. The SMILES string of the molecule is CC(C)c1ccc([C@H](CC(=O)O)NC(=O)OCC2c3ccccc3-c3ccccc32)cc1. The molecule has 5 heteroatoms. The highest BCUT2D eigenvalue weighted by Gasteiger charge is 2.29. The van der Waals surface area contributed by atoms with E-state index in [0.717, 1.165) is 33.4 Å². The number of carbonyl (C=O) groups is 2. The number of hydrogen-bond acceptors (Lipinski definition) is 3. The average Bonchev–Trinajstić information content (AvgIpc) is 3.11.